The lowest BCUT2D eigenvalue weighted by Gasteiger charge is -2.12. The van der Waals surface area contributed by atoms with Crippen molar-refractivity contribution in [2.24, 2.45) is 0 Å². The first-order chi connectivity index (χ1) is 9.58. The van der Waals surface area contributed by atoms with Gasteiger partial charge < -0.3 is 11.1 Å². The number of benzene rings is 1. The van der Waals surface area contributed by atoms with Gasteiger partial charge in [-0.3, -0.25) is 4.79 Å². The van der Waals surface area contributed by atoms with E-state index in [0.29, 0.717) is 20.9 Å². The summed E-state index contributed by atoms with van der Waals surface area (Å²) in [5, 5.41) is 11.3. The van der Waals surface area contributed by atoms with Crippen LogP contribution in [0.2, 0.25) is 5.02 Å². The molecule has 2 aromatic rings. The molecule has 0 aliphatic heterocycles. The third kappa shape index (κ3) is 4.09. The Bertz CT molecular complexity index is 587. The molecule has 0 spiro atoms. The molecular weight excluding hydrogens is 316 g/mol. The molecule has 3 N–H and O–H groups in total. The van der Waals surface area contributed by atoms with Crippen molar-refractivity contribution in [1.29, 1.82) is 0 Å². The summed E-state index contributed by atoms with van der Waals surface area (Å²) in [6, 6.07) is 6.99. The summed E-state index contributed by atoms with van der Waals surface area (Å²) < 4.78 is 0.695. The number of nitrogens with zero attached hydrogens (tertiary/aromatic N) is 2. The summed E-state index contributed by atoms with van der Waals surface area (Å²) in [7, 11) is 0. The van der Waals surface area contributed by atoms with Gasteiger partial charge in [-0.15, -0.1) is 10.2 Å². The van der Waals surface area contributed by atoms with Gasteiger partial charge >= 0.3 is 0 Å². The maximum atomic E-state index is 12.2. The van der Waals surface area contributed by atoms with Gasteiger partial charge in [0.25, 0.3) is 0 Å². The lowest BCUT2D eigenvalue weighted by Crippen LogP contribution is -2.24. The van der Waals surface area contributed by atoms with E-state index in [9.17, 15) is 4.79 Å². The predicted molar refractivity (Wildman–Crippen MR) is 84.3 cm³/mol. The number of aromatic nitrogens is 2. The van der Waals surface area contributed by atoms with Crippen LogP contribution in [0.1, 0.15) is 13.3 Å². The van der Waals surface area contributed by atoms with Crippen molar-refractivity contribution in [3.8, 4) is 0 Å². The van der Waals surface area contributed by atoms with E-state index in [4.69, 9.17) is 17.3 Å². The lowest BCUT2D eigenvalue weighted by molar-refractivity contribution is -0.115. The van der Waals surface area contributed by atoms with E-state index in [1.807, 2.05) is 6.92 Å². The molecule has 8 heteroatoms. The molecule has 0 bridgehead atoms. The van der Waals surface area contributed by atoms with Crippen LogP contribution in [0, 0.1) is 0 Å². The van der Waals surface area contributed by atoms with Crippen molar-refractivity contribution in [2.75, 3.05) is 11.1 Å². The van der Waals surface area contributed by atoms with Crippen LogP contribution in [-0.4, -0.2) is 21.4 Å². The summed E-state index contributed by atoms with van der Waals surface area (Å²) in [5.41, 5.74) is 6.25. The number of carbonyl (C=O) groups is 1. The van der Waals surface area contributed by atoms with Gasteiger partial charge in [-0.1, -0.05) is 41.6 Å². The normalized spacial score (nSPS) is 12.1. The number of nitrogens with two attached hydrogens (primary N) is 1. The molecule has 0 saturated heterocycles. The minimum atomic E-state index is -0.238. The lowest BCUT2D eigenvalue weighted by atomic mass is 10.3. The van der Waals surface area contributed by atoms with Crippen LogP contribution >= 0.6 is 34.7 Å². The highest BCUT2D eigenvalue weighted by molar-refractivity contribution is 8.02. The monoisotopic (exact) mass is 328 g/mol. The first kappa shape index (κ1) is 15.1. The third-order valence-electron chi connectivity index (χ3n) is 2.44. The molecule has 106 valence electrons. The average Bonchev–Trinajstić information content (AvgIpc) is 2.84. The highest BCUT2D eigenvalue weighted by atomic mass is 35.5. The molecule has 0 aliphatic carbocycles. The first-order valence-corrected chi connectivity index (χ1v) is 7.98. The maximum absolute atomic E-state index is 12.2. The van der Waals surface area contributed by atoms with Gasteiger partial charge in [0.05, 0.1) is 5.25 Å². The van der Waals surface area contributed by atoms with Crippen LogP contribution in [0.5, 0.6) is 0 Å². The molecular formula is C12H13ClN4OS2. The van der Waals surface area contributed by atoms with Crippen LogP contribution in [0.3, 0.4) is 0 Å². The Balaban J connectivity index is 2.00. The van der Waals surface area contributed by atoms with Crippen LogP contribution in [-0.2, 0) is 4.79 Å². The van der Waals surface area contributed by atoms with Gasteiger partial charge in [0.1, 0.15) is 0 Å². The van der Waals surface area contributed by atoms with Gasteiger partial charge in [0, 0.05) is 10.7 Å². The quantitative estimate of drug-likeness (QED) is 0.823. The van der Waals surface area contributed by atoms with Gasteiger partial charge in [0.2, 0.25) is 11.0 Å². The Kier molecular flexibility index (Phi) is 5.22. The minimum absolute atomic E-state index is 0.0754. The van der Waals surface area contributed by atoms with E-state index in [0.717, 1.165) is 5.69 Å². The molecule has 0 fully saturated rings. The largest absolute Gasteiger partial charge is 0.374 e. The number of amides is 1. The zero-order valence-electron chi connectivity index (χ0n) is 10.7. The number of rotatable bonds is 5. The second kappa shape index (κ2) is 6.92. The summed E-state index contributed by atoms with van der Waals surface area (Å²) in [4.78, 5) is 12.2. The van der Waals surface area contributed by atoms with Crippen molar-refractivity contribution in [2.45, 2.75) is 22.9 Å². The number of carbonyl (C=O) groups excluding carboxylic acids is 1. The van der Waals surface area contributed by atoms with Crippen molar-refractivity contribution in [1.82, 2.24) is 10.2 Å². The van der Waals surface area contributed by atoms with E-state index in [1.165, 1.54) is 23.1 Å². The van der Waals surface area contributed by atoms with Crippen molar-refractivity contribution >= 4 is 51.4 Å². The molecule has 2 rings (SSSR count). The second-order valence-corrected chi connectivity index (χ2v) is 6.81. The number of nitrogens with one attached hydrogen (secondary N) is 1. The molecule has 1 unspecified atom stereocenters. The van der Waals surface area contributed by atoms with Gasteiger partial charge in [-0.05, 0) is 30.7 Å². The number of nitrogen functional groups attached to an aromatic ring is 1. The fourth-order valence-electron chi connectivity index (χ4n) is 1.47. The number of thioether (sulfide) groups is 1. The number of halogens is 1. The smallest absolute Gasteiger partial charge is 0.237 e. The molecule has 0 radical (unpaired) electrons. The van der Waals surface area contributed by atoms with E-state index < -0.39 is 0 Å². The number of anilines is 2. The van der Waals surface area contributed by atoms with E-state index in [2.05, 4.69) is 15.5 Å². The molecule has 5 nitrogen and oxygen atoms in total. The number of hydrogen-bond acceptors (Lipinski definition) is 6. The van der Waals surface area contributed by atoms with Gasteiger partial charge in [-0.25, -0.2) is 0 Å². The molecule has 1 aromatic heterocycles. The second-order valence-electron chi connectivity index (χ2n) is 3.92. The maximum Gasteiger partial charge on any atom is 0.237 e. The first-order valence-electron chi connectivity index (χ1n) is 5.90. The molecule has 20 heavy (non-hydrogen) atoms. The Morgan fingerprint density at radius 3 is 2.70 bits per heavy atom. The molecule has 1 heterocycles. The Hall–Kier alpha value is -1.31. The third-order valence-corrected chi connectivity index (χ3v) is 4.89. The summed E-state index contributed by atoms with van der Waals surface area (Å²) in [6.07, 6.45) is 0.684. The standard InChI is InChI=1S/C12H13ClN4OS2/c1-2-9(19-12-17-16-11(14)20-12)10(18)15-8-5-3-7(13)4-6-8/h3-6,9H,2H2,1H3,(H2,14,16)(H,15,18). The van der Waals surface area contributed by atoms with Crippen molar-refractivity contribution in [3.63, 3.8) is 0 Å². The van der Waals surface area contributed by atoms with Gasteiger partial charge in [-0.2, -0.15) is 0 Å². The van der Waals surface area contributed by atoms with Crippen LogP contribution in [0.25, 0.3) is 0 Å². The van der Waals surface area contributed by atoms with Crippen LogP contribution in [0.15, 0.2) is 28.6 Å². The molecule has 0 aliphatic rings. The fraction of sp³-hybridized carbons (Fsp3) is 0.250. The Morgan fingerprint density at radius 2 is 2.15 bits per heavy atom. The van der Waals surface area contributed by atoms with Gasteiger partial charge in [0.15, 0.2) is 4.34 Å². The molecule has 1 atom stereocenters. The zero-order chi connectivity index (χ0) is 14.5. The van der Waals surface area contributed by atoms with Crippen molar-refractivity contribution < 1.29 is 4.79 Å². The molecule has 0 saturated carbocycles. The number of hydrogen-bond donors (Lipinski definition) is 2. The average molecular weight is 329 g/mol. The minimum Gasteiger partial charge on any atom is -0.374 e. The highest BCUT2D eigenvalue weighted by Gasteiger charge is 2.20. The topological polar surface area (TPSA) is 80.9 Å². The van der Waals surface area contributed by atoms with E-state index in [1.54, 1.807) is 24.3 Å². The Labute approximate surface area is 129 Å². The Morgan fingerprint density at radius 1 is 1.45 bits per heavy atom. The van der Waals surface area contributed by atoms with Crippen molar-refractivity contribution in [3.05, 3.63) is 29.3 Å². The predicted octanol–water partition coefficient (Wildman–Crippen LogP) is 3.28. The highest BCUT2D eigenvalue weighted by Crippen LogP contribution is 2.29. The SMILES string of the molecule is CCC(Sc1nnc(N)s1)C(=O)Nc1ccc(Cl)cc1. The summed E-state index contributed by atoms with van der Waals surface area (Å²) in [5.74, 6) is -0.0754. The molecule has 1 aromatic carbocycles. The van der Waals surface area contributed by atoms with Crippen LogP contribution < -0.4 is 11.1 Å². The van der Waals surface area contributed by atoms with E-state index in [-0.39, 0.29) is 11.2 Å². The fourth-order valence-corrected chi connectivity index (χ4v) is 3.40. The summed E-state index contributed by atoms with van der Waals surface area (Å²) >= 11 is 8.45. The van der Waals surface area contributed by atoms with E-state index >= 15 is 0 Å². The van der Waals surface area contributed by atoms with Crippen LogP contribution in [0.4, 0.5) is 10.8 Å². The summed E-state index contributed by atoms with van der Waals surface area (Å²) in [6.45, 7) is 1.95. The molecule has 1 amide bonds. The zero-order valence-corrected chi connectivity index (χ0v) is 13.1.